The zero-order valence-corrected chi connectivity index (χ0v) is 26.5. The number of nitrogens with one attached hydrogen (secondary N) is 3. The van der Waals surface area contributed by atoms with Gasteiger partial charge in [0.15, 0.2) is 11.5 Å². The minimum Gasteiger partial charge on any atom is -0.488 e. The Morgan fingerprint density at radius 1 is 0.958 bits per heavy atom. The van der Waals surface area contributed by atoms with E-state index in [0.29, 0.717) is 34.2 Å². The summed E-state index contributed by atoms with van der Waals surface area (Å²) in [6.45, 7) is 3.85. The Morgan fingerprint density at radius 3 is 2.27 bits per heavy atom. The molecule has 4 N–H and O–H groups in total. The second-order valence-corrected chi connectivity index (χ2v) is 11.7. The maximum atomic E-state index is 13.5. The van der Waals surface area contributed by atoms with E-state index in [4.69, 9.17) is 14.2 Å². The lowest BCUT2D eigenvalue weighted by atomic mass is 10.0. The molecule has 5 rings (SSSR count). The monoisotopic (exact) mass is 671 g/mol. The lowest BCUT2D eigenvalue weighted by Crippen LogP contribution is -2.48. The van der Waals surface area contributed by atoms with Crippen LogP contribution in [0.1, 0.15) is 25.0 Å². The molecule has 3 aromatic carbocycles. The van der Waals surface area contributed by atoms with Crippen molar-refractivity contribution < 1.29 is 46.9 Å². The number of rotatable bonds is 7. The highest BCUT2D eigenvalue weighted by molar-refractivity contribution is 6.00. The third kappa shape index (κ3) is 8.20. The predicted molar refractivity (Wildman–Crippen MR) is 170 cm³/mol. The van der Waals surface area contributed by atoms with Crippen LogP contribution in [0.15, 0.2) is 60.7 Å². The van der Waals surface area contributed by atoms with E-state index in [-0.39, 0.29) is 50.4 Å². The van der Waals surface area contributed by atoms with Crippen molar-refractivity contribution in [2.45, 2.75) is 38.6 Å². The van der Waals surface area contributed by atoms with Crippen LogP contribution in [0, 0.1) is 5.92 Å². The van der Waals surface area contributed by atoms with Crippen LogP contribution in [-0.2, 0) is 17.4 Å². The quantitative estimate of drug-likeness (QED) is 0.264. The lowest BCUT2D eigenvalue weighted by Gasteiger charge is -2.34. The predicted octanol–water partition coefficient (Wildman–Crippen LogP) is 5.39. The van der Waals surface area contributed by atoms with Crippen LogP contribution in [0.2, 0.25) is 0 Å². The smallest absolute Gasteiger partial charge is 0.416 e. The van der Waals surface area contributed by atoms with Gasteiger partial charge in [0.25, 0.3) is 0 Å². The molecule has 0 aliphatic carbocycles. The summed E-state index contributed by atoms with van der Waals surface area (Å²) in [5.41, 5.74) is 0.582. The fourth-order valence-electron chi connectivity index (χ4n) is 5.31. The van der Waals surface area contributed by atoms with Crippen LogP contribution in [0.25, 0.3) is 0 Å². The summed E-state index contributed by atoms with van der Waals surface area (Å²) in [4.78, 5) is 42.4. The van der Waals surface area contributed by atoms with Gasteiger partial charge in [0.1, 0.15) is 11.9 Å². The van der Waals surface area contributed by atoms with E-state index in [0.717, 1.165) is 24.3 Å². The summed E-state index contributed by atoms with van der Waals surface area (Å²) in [7, 11) is 1.62. The van der Waals surface area contributed by atoms with Gasteiger partial charge in [-0.2, -0.15) is 13.2 Å². The molecule has 48 heavy (non-hydrogen) atoms. The van der Waals surface area contributed by atoms with Gasteiger partial charge >= 0.3 is 18.2 Å². The molecule has 2 aliphatic rings. The average molecular weight is 672 g/mol. The number of aliphatic hydroxyl groups excluding tert-OH is 1. The highest BCUT2D eigenvalue weighted by Gasteiger charge is 2.32. The van der Waals surface area contributed by atoms with Crippen molar-refractivity contribution in [2.24, 2.45) is 5.92 Å². The molecular formula is C33H36F3N5O7. The van der Waals surface area contributed by atoms with Crippen LogP contribution < -0.4 is 30.2 Å². The summed E-state index contributed by atoms with van der Waals surface area (Å²) in [5.74, 6) is 0.935. The SMILES string of the molecule is C[C@@H]1CN([C@@H](C)CO)C(=O)Cc2cc(NC(=O)Nc3ccc(C(F)(F)F)cc3)ccc2O[C@@H]1CN(C)C(=O)Nc1ccc2c(c1)OCO2. The summed E-state index contributed by atoms with van der Waals surface area (Å²) < 4.78 is 55.8. The van der Waals surface area contributed by atoms with Gasteiger partial charge in [-0.25, -0.2) is 9.59 Å². The summed E-state index contributed by atoms with van der Waals surface area (Å²) in [6, 6.07) is 12.2. The Morgan fingerprint density at radius 2 is 1.58 bits per heavy atom. The van der Waals surface area contributed by atoms with Crippen molar-refractivity contribution in [1.29, 1.82) is 0 Å². The van der Waals surface area contributed by atoms with Crippen LogP contribution in [0.4, 0.5) is 39.8 Å². The third-order valence-electron chi connectivity index (χ3n) is 8.07. The Bertz CT molecular complexity index is 1650. The summed E-state index contributed by atoms with van der Waals surface area (Å²) in [6.07, 6.45) is -5.19. The second-order valence-electron chi connectivity index (χ2n) is 11.7. The molecule has 12 nitrogen and oxygen atoms in total. The molecule has 256 valence electrons. The molecule has 3 aromatic rings. The third-order valence-corrected chi connectivity index (χ3v) is 8.07. The first-order valence-corrected chi connectivity index (χ1v) is 15.2. The van der Waals surface area contributed by atoms with Gasteiger partial charge in [0.05, 0.1) is 31.2 Å². The summed E-state index contributed by atoms with van der Waals surface area (Å²) >= 11 is 0. The van der Waals surface area contributed by atoms with Gasteiger partial charge in [0.2, 0.25) is 12.7 Å². The standard InChI is InChI=1S/C33H36F3N5O7/c1-19-15-41(20(2)17-42)30(43)13-21-12-24(38-31(44)37-23-6-4-22(5-7-23)33(34,35)36)8-10-26(21)48-29(19)16-40(3)32(45)39-25-9-11-27-28(14-25)47-18-46-27/h4-12,14,19-20,29,42H,13,15-18H2,1-3H3,(H,39,45)(H2,37,38,44)/t19-,20+,29-/m1/s1. The van der Waals surface area contributed by atoms with Crippen molar-refractivity contribution in [2.75, 3.05) is 49.5 Å². The van der Waals surface area contributed by atoms with Gasteiger partial charge in [-0.1, -0.05) is 6.92 Å². The van der Waals surface area contributed by atoms with E-state index in [9.17, 15) is 32.7 Å². The van der Waals surface area contributed by atoms with E-state index in [1.807, 2.05) is 6.92 Å². The summed E-state index contributed by atoms with van der Waals surface area (Å²) in [5, 5.41) is 17.9. The fraction of sp³-hybridized carbons (Fsp3) is 0.364. The number of aliphatic hydroxyl groups is 1. The van der Waals surface area contributed by atoms with E-state index < -0.39 is 35.9 Å². The molecule has 0 aromatic heterocycles. The zero-order chi connectivity index (χ0) is 34.6. The number of urea groups is 2. The minimum absolute atomic E-state index is 0.102. The topological polar surface area (TPSA) is 142 Å². The number of anilines is 3. The van der Waals surface area contributed by atoms with Crippen LogP contribution in [-0.4, -0.2) is 78.6 Å². The van der Waals surface area contributed by atoms with Crippen LogP contribution >= 0.6 is 0 Å². The molecule has 0 saturated carbocycles. The molecule has 0 spiro atoms. The highest BCUT2D eigenvalue weighted by atomic mass is 19.4. The van der Waals surface area contributed by atoms with Crippen molar-refractivity contribution in [3.8, 4) is 17.2 Å². The molecule has 0 bridgehead atoms. The van der Waals surface area contributed by atoms with Crippen molar-refractivity contribution in [3.63, 3.8) is 0 Å². The zero-order valence-electron chi connectivity index (χ0n) is 26.5. The first kappa shape index (κ1) is 34.2. The molecule has 0 saturated heterocycles. The fourth-order valence-corrected chi connectivity index (χ4v) is 5.31. The number of amides is 5. The van der Waals surface area contributed by atoms with Crippen molar-refractivity contribution in [3.05, 3.63) is 71.8 Å². The maximum Gasteiger partial charge on any atom is 0.416 e. The molecule has 0 fully saturated rings. The molecule has 5 amide bonds. The van der Waals surface area contributed by atoms with Gasteiger partial charge in [0, 0.05) is 48.2 Å². The number of alkyl halides is 3. The van der Waals surface area contributed by atoms with Gasteiger partial charge in [-0.15, -0.1) is 0 Å². The van der Waals surface area contributed by atoms with E-state index in [1.54, 1.807) is 55.3 Å². The first-order valence-electron chi connectivity index (χ1n) is 15.2. The molecule has 15 heteroatoms. The normalized spacial score (nSPS) is 18.0. The van der Waals surface area contributed by atoms with Crippen LogP contribution in [0.5, 0.6) is 17.2 Å². The van der Waals surface area contributed by atoms with Crippen LogP contribution in [0.3, 0.4) is 0 Å². The average Bonchev–Trinajstić information content (AvgIpc) is 3.52. The number of halogens is 3. The Balaban J connectivity index is 1.32. The van der Waals surface area contributed by atoms with E-state index in [1.165, 1.54) is 4.90 Å². The molecule has 2 heterocycles. The number of hydrogen-bond acceptors (Lipinski definition) is 7. The lowest BCUT2D eigenvalue weighted by molar-refractivity contribution is -0.137. The number of benzene rings is 3. The molecule has 3 atom stereocenters. The maximum absolute atomic E-state index is 13.5. The van der Waals surface area contributed by atoms with Gasteiger partial charge in [-0.05, 0) is 61.5 Å². The minimum atomic E-state index is -4.50. The molecule has 0 radical (unpaired) electrons. The van der Waals surface area contributed by atoms with Gasteiger partial charge in [-0.3, -0.25) is 4.79 Å². The van der Waals surface area contributed by atoms with Gasteiger partial charge < -0.3 is 45.1 Å². The Labute approximate surface area is 274 Å². The Hall–Kier alpha value is -5.18. The van der Waals surface area contributed by atoms with Crippen molar-refractivity contribution >= 4 is 35.0 Å². The Kier molecular flexibility index (Phi) is 10.2. The number of hydrogen-bond donors (Lipinski definition) is 4. The molecule has 0 unspecified atom stereocenters. The number of carbonyl (C=O) groups is 3. The number of likely N-dealkylation sites (N-methyl/N-ethyl adjacent to an activating group) is 1. The number of nitrogens with zero attached hydrogens (tertiary/aromatic N) is 2. The largest absolute Gasteiger partial charge is 0.488 e. The first-order chi connectivity index (χ1) is 22.8. The highest BCUT2D eigenvalue weighted by Crippen LogP contribution is 2.35. The number of fused-ring (bicyclic) bond motifs is 2. The molecular weight excluding hydrogens is 635 g/mol. The number of carbonyl (C=O) groups excluding carboxylic acids is 3. The molecule has 2 aliphatic heterocycles. The van der Waals surface area contributed by atoms with E-state index >= 15 is 0 Å². The van der Waals surface area contributed by atoms with E-state index in [2.05, 4.69) is 16.0 Å². The van der Waals surface area contributed by atoms with Crippen molar-refractivity contribution in [1.82, 2.24) is 9.80 Å². The number of ether oxygens (including phenoxy) is 3. The second kappa shape index (κ2) is 14.3.